The molecule has 1 aromatic carbocycles. The predicted molar refractivity (Wildman–Crippen MR) is 114 cm³/mol. The molecule has 0 atom stereocenters. The third kappa shape index (κ3) is 4.50. The SMILES string of the molecule is Br.CSc1sc(C(=O)O)cc1-c1csc(Nc2cccc(Cl)c2Cl)n1. The number of carbonyl (C=O) groups is 1. The summed E-state index contributed by atoms with van der Waals surface area (Å²) in [7, 11) is 0. The second kappa shape index (κ2) is 8.75. The van der Waals surface area contributed by atoms with Crippen molar-refractivity contribution in [3.63, 3.8) is 0 Å². The highest BCUT2D eigenvalue weighted by molar-refractivity contribution is 8.93. The van der Waals surface area contributed by atoms with E-state index in [2.05, 4.69) is 10.3 Å². The molecule has 132 valence electrons. The number of nitrogens with one attached hydrogen (secondary N) is 1. The van der Waals surface area contributed by atoms with Crippen LogP contribution < -0.4 is 5.32 Å². The number of hydrogen-bond donors (Lipinski definition) is 2. The molecule has 0 amide bonds. The third-order valence-corrected chi connectivity index (χ3v) is 6.90. The van der Waals surface area contributed by atoms with Gasteiger partial charge < -0.3 is 10.4 Å². The standard InChI is InChI=1S/C15H10Cl2N2O2S3.BrH/c1-22-14-7(5-11(24-14)13(20)21)10-6-23-15(19-10)18-9-4-2-3-8(16)12(9)17;/h2-6H,1H3,(H,18,19)(H,20,21);1H. The van der Waals surface area contributed by atoms with E-state index in [1.165, 1.54) is 34.4 Å². The van der Waals surface area contributed by atoms with Crippen LogP contribution in [0.2, 0.25) is 10.0 Å². The van der Waals surface area contributed by atoms with Crippen LogP contribution in [0.1, 0.15) is 9.67 Å². The predicted octanol–water partition coefficient (Wildman–Crippen LogP) is 6.92. The Hall–Kier alpha value is -0.770. The Morgan fingerprint density at radius 3 is 2.80 bits per heavy atom. The number of thioether (sulfide) groups is 1. The average molecular weight is 498 g/mol. The quantitative estimate of drug-likeness (QED) is 0.374. The summed E-state index contributed by atoms with van der Waals surface area (Å²) >= 11 is 16.3. The van der Waals surface area contributed by atoms with Crippen molar-refractivity contribution in [1.82, 2.24) is 4.98 Å². The zero-order valence-corrected chi connectivity index (χ0v) is 18.3. The minimum atomic E-state index is -0.930. The van der Waals surface area contributed by atoms with Gasteiger partial charge in [0.2, 0.25) is 0 Å². The normalized spacial score (nSPS) is 10.4. The van der Waals surface area contributed by atoms with E-state index in [0.29, 0.717) is 25.7 Å². The van der Waals surface area contributed by atoms with Gasteiger partial charge in [-0.15, -0.1) is 51.4 Å². The summed E-state index contributed by atoms with van der Waals surface area (Å²) in [5, 5.41) is 15.7. The van der Waals surface area contributed by atoms with Gasteiger partial charge in [-0.2, -0.15) is 0 Å². The van der Waals surface area contributed by atoms with Crippen molar-refractivity contribution in [2.24, 2.45) is 0 Å². The second-order valence-electron chi connectivity index (χ2n) is 4.59. The molecule has 0 bridgehead atoms. The van der Waals surface area contributed by atoms with Crippen LogP contribution in [0.25, 0.3) is 11.3 Å². The van der Waals surface area contributed by atoms with Crippen LogP contribution in [0.5, 0.6) is 0 Å². The van der Waals surface area contributed by atoms with Crippen LogP contribution in [0.15, 0.2) is 33.9 Å². The van der Waals surface area contributed by atoms with Gasteiger partial charge in [-0.1, -0.05) is 29.3 Å². The van der Waals surface area contributed by atoms with Gasteiger partial charge in [0.1, 0.15) is 4.88 Å². The number of nitrogens with zero attached hydrogens (tertiary/aromatic N) is 1. The molecule has 0 saturated carbocycles. The van der Waals surface area contributed by atoms with Gasteiger partial charge in [0.25, 0.3) is 0 Å². The topological polar surface area (TPSA) is 62.2 Å². The highest BCUT2D eigenvalue weighted by atomic mass is 79.9. The van der Waals surface area contributed by atoms with Gasteiger partial charge in [-0.3, -0.25) is 0 Å². The fourth-order valence-electron chi connectivity index (χ4n) is 1.98. The fraction of sp³-hybridized carbons (Fsp3) is 0.0667. The minimum absolute atomic E-state index is 0. The molecular weight excluding hydrogens is 487 g/mol. The van der Waals surface area contributed by atoms with Gasteiger partial charge in [0.05, 0.1) is 25.6 Å². The molecule has 0 radical (unpaired) electrons. The van der Waals surface area contributed by atoms with Crippen LogP contribution in [0, 0.1) is 0 Å². The van der Waals surface area contributed by atoms with Gasteiger partial charge in [0, 0.05) is 10.9 Å². The number of rotatable bonds is 5. The first-order valence-electron chi connectivity index (χ1n) is 6.57. The highest BCUT2D eigenvalue weighted by Crippen LogP contribution is 2.40. The summed E-state index contributed by atoms with van der Waals surface area (Å²) in [6.45, 7) is 0. The number of aromatic carboxylic acids is 1. The molecular formula is C15H11BrCl2N2O2S3. The molecule has 4 nitrogen and oxygen atoms in total. The molecule has 0 fully saturated rings. The van der Waals surface area contributed by atoms with E-state index in [-0.39, 0.29) is 17.0 Å². The van der Waals surface area contributed by atoms with Crippen molar-refractivity contribution in [1.29, 1.82) is 0 Å². The van der Waals surface area contributed by atoms with Gasteiger partial charge in [-0.25, -0.2) is 9.78 Å². The molecule has 3 rings (SSSR count). The minimum Gasteiger partial charge on any atom is -0.477 e. The summed E-state index contributed by atoms with van der Waals surface area (Å²) < 4.78 is 0.921. The van der Waals surface area contributed by atoms with E-state index in [1.54, 1.807) is 18.2 Å². The number of thiophene rings is 1. The summed E-state index contributed by atoms with van der Waals surface area (Å²) in [4.78, 5) is 16.0. The maximum absolute atomic E-state index is 11.2. The van der Waals surface area contributed by atoms with Crippen molar-refractivity contribution in [2.45, 2.75) is 4.21 Å². The number of hydrogen-bond acceptors (Lipinski definition) is 6. The molecule has 0 aliphatic rings. The lowest BCUT2D eigenvalue weighted by molar-refractivity contribution is 0.0702. The zero-order valence-electron chi connectivity index (χ0n) is 12.6. The van der Waals surface area contributed by atoms with E-state index < -0.39 is 5.97 Å². The van der Waals surface area contributed by atoms with Crippen molar-refractivity contribution in [3.05, 3.63) is 44.6 Å². The molecule has 2 heterocycles. The Bertz CT molecular complexity index is 914. The average Bonchev–Trinajstić information content (AvgIpc) is 3.18. The molecule has 0 aliphatic carbocycles. The lowest BCUT2D eigenvalue weighted by Gasteiger charge is -2.05. The Balaban J connectivity index is 0.00000225. The van der Waals surface area contributed by atoms with E-state index in [4.69, 9.17) is 28.3 Å². The number of anilines is 2. The number of halogens is 3. The number of carboxylic acids is 1. The van der Waals surface area contributed by atoms with E-state index in [9.17, 15) is 4.79 Å². The van der Waals surface area contributed by atoms with E-state index >= 15 is 0 Å². The van der Waals surface area contributed by atoms with E-state index in [0.717, 1.165) is 15.5 Å². The first-order chi connectivity index (χ1) is 11.5. The Morgan fingerprint density at radius 2 is 2.12 bits per heavy atom. The Morgan fingerprint density at radius 1 is 1.36 bits per heavy atom. The van der Waals surface area contributed by atoms with Crippen molar-refractivity contribution in [2.75, 3.05) is 11.6 Å². The fourth-order valence-corrected chi connectivity index (χ4v) is 4.77. The second-order valence-corrected chi connectivity index (χ2v) is 8.36. The maximum Gasteiger partial charge on any atom is 0.345 e. The lowest BCUT2D eigenvalue weighted by Crippen LogP contribution is -1.91. The molecule has 10 heteroatoms. The van der Waals surface area contributed by atoms with Gasteiger partial charge in [0.15, 0.2) is 5.13 Å². The van der Waals surface area contributed by atoms with Gasteiger partial charge >= 0.3 is 5.97 Å². The van der Waals surface area contributed by atoms with Crippen LogP contribution in [-0.2, 0) is 0 Å². The Labute approximate surface area is 177 Å². The Kier molecular flexibility index (Phi) is 7.19. The number of benzene rings is 1. The molecule has 2 aromatic heterocycles. The molecule has 2 N–H and O–H groups in total. The van der Waals surface area contributed by atoms with Crippen LogP contribution in [0.3, 0.4) is 0 Å². The van der Waals surface area contributed by atoms with E-state index in [1.807, 2.05) is 17.7 Å². The molecule has 0 unspecified atom stereocenters. The van der Waals surface area contributed by atoms with Crippen LogP contribution >= 0.6 is 74.6 Å². The first kappa shape index (κ1) is 20.5. The van der Waals surface area contributed by atoms with Crippen molar-refractivity contribution in [3.8, 4) is 11.3 Å². The van der Waals surface area contributed by atoms with Crippen molar-refractivity contribution < 1.29 is 9.90 Å². The van der Waals surface area contributed by atoms with Crippen molar-refractivity contribution >= 4 is 91.4 Å². The third-order valence-electron chi connectivity index (χ3n) is 3.07. The summed E-state index contributed by atoms with van der Waals surface area (Å²) in [6, 6.07) is 6.99. The number of carboxylic acid groups (broad SMARTS) is 1. The summed E-state index contributed by atoms with van der Waals surface area (Å²) in [6.07, 6.45) is 1.91. The summed E-state index contributed by atoms with van der Waals surface area (Å²) in [5.74, 6) is -0.930. The highest BCUT2D eigenvalue weighted by Gasteiger charge is 2.17. The molecule has 0 spiro atoms. The molecule has 3 aromatic rings. The first-order valence-corrected chi connectivity index (χ1v) is 10.3. The molecule has 25 heavy (non-hydrogen) atoms. The lowest BCUT2D eigenvalue weighted by atomic mass is 10.2. The maximum atomic E-state index is 11.2. The molecule has 0 saturated heterocycles. The smallest absolute Gasteiger partial charge is 0.345 e. The largest absolute Gasteiger partial charge is 0.477 e. The number of thiazole rings is 1. The zero-order chi connectivity index (χ0) is 17.3. The monoisotopic (exact) mass is 496 g/mol. The van der Waals surface area contributed by atoms with Gasteiger partial charge in [-0.05, 0) is 24.5 Å². The summed E-state index contributed by atoms with van der Waals surface area (Å²) in [5.41, 5.74) is 2.23. The molecule has 0 aliphatic heterocycles. The van der Waals surface area contributed by atoms with Crippen LogP contribution in [-0.4, -0.2) is 22.3 Å². The number of aromatic nitrogens is 1. The van der Waals surface area contributed by atoms with Crippen LogP contribution in [0.4, 0.5) is 10.8 Å².